The first-order valence-corrected chi connectivity index (χ1v) is 9.34. The number of carbonyl (C=O) groups excluding carboxylic acids is 3. The van der Waals surface area contributed by atoms with Crippen molar-refractivity contribution in [3.8, 4) is 0 Å². The van der Waals surface area contributed by atoms with E-state index in [0.717, 1.165) is 0 Å². The molecule has 2 aromatic rings. The number of carbonyl (C=O) groups is 3. The smallest absolute Gasteiger partial charge is 0.261 e. The molecule has 1 saturated heterocycles. The third-order valence-electron chi connectivity index (χ3n) is 5.63. The molecule has 2 aliphatic rings. The summed E-state index contributed by atoms with van der Waals surface area (Å²) >= 11 is 0. The number of piperidine rings is 1. The molecule has 5 nitrogen and oxygen atoms in total. The van der Waals surface area contributed by atoms with Crippen LogP contribution in [0.2, 0.25) is 0 Å². The molecule has 0 aromatic heterocycles. The van der Waals surface area contributed by atoms with Crippen molar-refractivity contribution < 1.29 is 14.4 Å². The van der Waals surface area contributed by atoms with E-state index in [1.807, 2.05) is 18.2 Å². The first kappa shape index (κ1) is 17.6. The number of rotatable bonds is 4. The van der Waals surface area contributed by atoms with E-state index < -0.39 is 0 Å². The minimum atomic E-state index is -0.263. The summed E-state index contributed by atoms with van der Waals surface area (Å²) in [4.78, 5) is 41.1. The van der Waals surface area contributed by atoms with Crippen molar-refractivity contribution in [3.63, 3.8) is 0 Å². The second kappa shape index (κ2) is 7.08. The lowest BCUT2D eigenvalue weighted by Crippen LogP contribution is -2.51. The van der Waals surface area contributed by atoms with Gasteiger partial charge in [-0.2, -0.15) is 0 Å². The van der Waals surface area contributed by atoms with Crippen LogP contribution < -0.4 is 0 Å². The van der Waals surface area contributed by atoms with Crippen LogP contribution in [0.25, 0.3) is 0 Å². The van der Waals surface area contributed by atoms with Gasteiger partial charge in [-0.3, -0.25) is 24.2 Å². The summed E-state index contributed by atoms with van der Waals surface area (Å²) < 4.78 is 0. The topological polar surface area (TPSA) is 57.7 Å². The average molecular weight is 362 g/mol. The molecule has 4 rings (SSSR count). The maximum atomic E-state index is 12.7. The number of hydrogen-bond acceptors (Lipinski definition) is 4. The van der Waals surface area contributed by atoms with Crippen LogP contribution in [-0.4, -0.2) is 46.5 Å². The fraction of sp³-hybridized carbons (Fsp3) is 0.318. The lowest BCUT2D eigenvalue weighted by Gasteiger charge is -2.40. The average Bonchev–Trinajstić information content (AvgIpc) is 2.94. The number of nitrogens with zero attached hydrogens (tertiary/aromatic N) is 2. The first-order valence-electron chi connectivity index (χ1n) is 9.34. The highest BCUT2D eigenvalue weighted by Crippen LogP contribution is 2.30. The third-order valence-corrected chi connectivity index (χ3v) is 5.63. The van der Waals surface area contributed by atoms with Crippen LogP contribution in [0.1, 0.15) is 52.1 Å². The quantitative estimate of drug-likeness (QED) is 0.785. The van der Waals surface area contributed by atoms with Gasteiger partial charge in [-0.05, 0) is 24.6 Å². The number of benzene rings is 2. The van der Waals surface area contributed by atoms with Gasteiger partial charge in [0.1, 0.15) is 5.78 Å². The Balaban J connectivity index is 1.58. The molecular formula is C22H22N2O3. The molecule has 0 aliphatic carbocycles. The normalized spacial score (nSPS) is 21.4. The Kier molecular flexibility index (Phi) is 4.62. The van der Waals surface area contributed by atoms with Crippen LogP contribution in [0.5, 0.6) is 0 Å². The van der Waals surface area contributed by atoms with Crippen LogP contribution in [0.4, 0.5) is 0 Å². The van der Waals surface area contributed by atoms with E-state index in [1.54, 1.807) is 24.3 Å². The molecule has 2 aliphatic heterocycles. The van der Waals surface area contributed by atoms with Gasteiger partial charge in [-0.15, -0.1) is 0 Å². The van der Waals surface area contributed by atoms with Gasteiger partial charge in [0.25, 0.3) is 11.8 Å². The zero-order valence-corrected chi connectivity index (χ0v) is 15.3. The number of Topliss-reactive ketones (excluding diaryl/α,β-unsaturated/α-hetero) is 1. The Morgan fingerprint density at radius 2 is 1.52 bits per heavy atom. The monoisotopic (exact) mass is 362 g/mol. The highest BCUT2D eigenvalue weighted by atomic mass is 16.2. The lowest BCUT2D eigenvalue weighted by atomic mass is 9.96. The second-order valence-electron chi connectivity index (χ2n) is 7.24. The minimum Gasteiger partial charge on any atom is -0.300 e. The van der Waals surface area contributed by atoms with Gasteiger partial charge in [0.2, 0.25) is 0 Å². The van der Waals surface area contributed by atoms with Crippen LogP contribution in [0.3, 0.4) is 0 Å². The van der Waals surface area contributed by atoms with Crippen LogP contribution in [-0.2, 0) is 4.79 Å². The standard InChI is InChI=1S/C22H22N2O3/c1-15(16-7-3-2-4-8-16)23-12-11-18(25)13-17(23)14-24-21(26)19-9-5-6-10-20(19)22(24)27/h2-10,15,17H,11-14H2,1H3. The number of hydrogen-bond donors (Lipinski definition) is 0. The van der Waals surface area contributed by atoms with E-state index in [0.29, 0.717) is 30.5 Å². The number of imide groups is 1. The Hall–Kier alpha value is -2.79. The molecule has 138 valence electrons. The summed E-state index contributed by atoms with van der Waals surface area (Å²) in [7, 11) is 0. The summed E-state index contributed by atoms with van der Waals surface area (Å²) in [5, 5.41) is 0. The minimum absolute atomic E-state index is 0.111. The Bertz CT molecular complexity index is 858. The fourth-order valence-corrected chi connectivity index (χ4v) is 4.14. The molecule has 0 spiro atoms. The maximum Gasteiger partial charge on any atom is 0.261 e. The van der Waals surface area contributed by atoms with Crippen molar-refractivity contribution in [1.82, 2.24) is 9.80 Å². The molecule has 5 heteroatoms. The summed E-state index contributed by atoms with van der Waals surface area (Å²) in [6.07, 6.45) is 0.875. The summed E-state index contributed by atoms with van der Waals surface area (Å²) in [5.41, 5.74) is 2.07. The Morgan fingerprint density at radius 3 is 2.15 bits per heavy atom. The molecule has 1 fully saturated rings. The maximum absolute atomic E-state index is 12.7. The van der Waals surface area contributed by atoms with Gasteiger partial charge in [0.05, 0.1) is 11.1 Å². The molecular weight excluding hydrogens is 340 g/mol. The van der Waals surface area contributed by atoms with Crippen molar-refractivity contribution in [2.24, 2.45) is 0 Å². The number of fused-ring (bicyclic) bond motifs is 1. The molecule has 2 amide bonds. The van der Waals surface area contributed by atoms with Gasteiger partial charge in [-0.1, -0.05) is 42.5 Å². The number of amides is 2. The third kappa shape index (κ3) is 3.19. The van der Waals surface area contributed by atoms with E-state index in [-0.39, 0.29) is 36.2 Å². The van der Waals surface area contributed by atoms with E-state index in [2.05, 4.69) is 24.0 Å². The molecule has 0 radical (unpaired) electrons. The van der Waals surface area contributed by atoms with Crippen molar-refractivity contribution >= 4 is 17.6 Å². The van der Waals surface area contributed by atoms with Crippen molar-refractivity contribution in [3.05, 3.63) is 71.3 Å². The van der Waals surface area contributed by atoms with Crippen LogP contribution in [0, 0.1) is 0 Å². The Morgan fingerprint density at radius 1 is 0.926 bits per heavy atom. The van der Waals surface area contributed by atoms with Gasteiger partial charge >= 0.3 is 0 Å². The second-order valence-corrected chi connectivity index (χ2v) is 7.24. The largest absolute Gasteiger partial charge is 0.300 e. The summed E-state index contributed by atoms with van der Waals surface area (Å²) in [6, 6.07) is 17.0. The molecule has 2 unspecified atom stereocenters. The van der Waals surface area contributed by atoms with Crippen LogP contribution in [0.15, 0.2) is 54.6 Å². The van der Waals surface area contributed by atoms with E-state index in [1.165, 1.54) is 10.5 Å². The van der Waals surface area contributed by atoms with E-state index in [9.17, 15) is 14.4 Å². The van der Waals surface area contributed by atoms with Gasteiger partial charge in [0.15, 0.2) is 0 Å². The number of ketones is 1. The van der Waals surface area contributed by atoms with Crippen molar-refractivity contribution in [2.75, 3.05) is 13.1 Å². The molecule has 2 aromatic carbocycles. The zero-order valence-electron chi connectivity index (χ0n) is 15.3. The zero-order chi connectivity index (χ0) is 19.0. The summed E-state index contributed by atoms with van der Waals surface area (Å²) in [5.74, 6) is -0.338. The summed E-state index contributed by atoms with van der Waals surface area (Å²) in [6.45, 7) is 3.00. The van der Waals surface area contributed by atoms with E-state index in [4.69, 9.17) is 0 Å². The predicted molar refractivity (Wildman–Crippen MR) is 101 cm³/mol. The molecule has 27 heavy (non-hydrogen) atoms. The molecule has 2 heterocycles. The predicted octanol–water partition coefficient (Wildman–Crippen LogP) is 3.08. The van der Waals surface area contributed by atoms with E-state index >= 15 is 0 Å². The SMILES string of the molecule is CC(c1ccccc1)N1CCC(=O)CC1CN1C(=O)c2ccccc2C1=O. The first-order chi connectivity index (χ1) is 13.1. The Labute approximate surface area is 158 Å². The highest BCUT2D eigenvalue weighted by Gasteiger charge is 2.39. The van der Waals surface area contributed by atoms with Gasteiger partial charge < -0.3 is 0 Å². The van der Waals surface area contributed by atoms with Crippen LogP contribution >= 0.6 is 0 Å². The molecule has 0 saturated carbocycles. The number of likely N-dealkylation sites (tertiary alicyclic amines) is 1. The van der Waals surface area contributed by atoms with Gasteiger partial charge in [-0.25, -0.2) is 0 Å². The lowest BCUT2D eigenvalue weighted by molar-refractivity contribution is -0.124. The van der Waals surface area contributed by atoms with Gasteiger partial charge in [0, 0.05) is 38.0 Å². The highest BCUT2D eigenvalue weighted by molar-refractivity contribution is 6.21. The molecule has 2 atom stereocenters. The molecule has 0 bridgehead atoms. The van der Waals surface area contributed by atoms with Crippen molar-refractivity contribution in [2.45, 2.75) is 31.8 Å². The van der Waals surface area contributed by atoms with Crippen molar-refractivity contribution in [1.29, 1.82) is 0 Å². The fourth-order valence-electron chi connectivity index (χ4n) is 4.14. The molecule has 0 N–H and O–H groups in total.